The average Bonchev–Trinajstić information content (AvgIpc) is 2.25. The lowest BCUT2D eigenvalue weighted by Gasteiger charge is -2.20. The van der Waals surface area contributed by atoms with Crippen LogP contribution in [-0.4, -0.2) is 13.1 Å². The van der Waals surface area contributed by atoms with E-state index >= 15 is 0 Å². The molecule has 1 rings (SSSR count). The van der Waals surface area contributed by atoms with Gasteiger partial charge in [0.1, 0.15) is 0 Å². The van der Waals surface area contributed by atoms with Gasteiger partial charge in [0.25, 0.3) is 0 Å². The van der Waals surface area contributed by atoms with Crippen LogP contribution in [0.15, 0.2) is 18.2 Å². The predicted molar refractivity (Wildman–Crippen MR) is 66.0 cm³/mol. The van der Waals surface area contributed by atoms with Crippen molar-refractivity contribution in [3.63, 3.8) is 0 Å². The summed E-state index contributed by atoms with van der Waals surface area (Å²) >= 11 is 0. The third-order valence-electron chi connectivity index (χ3n) is 2.90. The molecule has 15 heavy (non-hydrogen) atoms. The summed E-state index contributed by atoms with van der Waals surface area (Å²) in [5, 5.41) is 3.48. The molecule has 0 radical (unpaired) electrons. The number of benzene rings is 1. The van der Waals surface area contributed by atoms with Crippen molar-refractivity contribution in [2.45, 2.75) is 33.2 Å². The van der Waals surface area contributed by atoms with Gasteiger partial charge in [-0.2, -0.15) is 0 Å². The van der Waals surface area contributed by atoms with Gasteiger partial charge in [-0.3, -0.25) is 0 Å². The minimum Gasteiger partial charge on any atom is -0.329 e. The summed E-state index contributed by atoms with van der Waals surface area (Å²) in [5.41, 5.74) is 9.84. The number of rotatable bonds is 5. The maximum absolute atomic E-state index is 5.80. The molecule has 2 heteroatoms. The van der Waals surface area contributed by atoms with Crippen LogP contribution in [0.1, 0.15) is 36.1 Å². The highest BCUT2D eigenvalue weighted by Crippen LogP contribution is 2.19. The highest BCUT2D eigenvalue weighted by Gasteiger charge is 2.11. The molecule has 0 fully saturated rings. The average molecular weight is 206 g/mol. The third-order valence-corrected chi connectivity index (χ3v) is 2.90. The van der Waals surface area contributed by atoms with Gasteiger partial charge in [-0.25, -0.2) is 0 Å². The quantitative estimate of drug-likeness (QED) is 0.776. The Morgan fingerprint density at radius 1 is 1.33 bits per heavy atom. The molecule has 0 spiro atoms. The van der Waals surface area contributed by atoms with Crippen molar-refractivity contribution < 1.29 is 0 Å². The molecule has 0 bridgehead atoms. The molecule has 0 aromatic heterocycles. The fraction of sp³-hybridized carbons (Fsp3) is 0.538. The van der Waals surface area contributed by atoms with Crippen LogP contribution in [0.4, 0.5) is 0 Å². The highest BCUT2D eigenvalue weighted by molar-refractivity contribution is 5.35. The Bertz CT molecular complexity index is 307. The molecule has 0 aliphatic rings. The van der Waals surface area contributed by atoms with E-state index < -0.39 is 0 Å². The molecule has 1 unspecified atom stereocenters. The van der Waals surface area contributed by atoms with Crippen LogP contribution < -0.4 is 11.1 Å². The summed E-state index contributed by atoms with van der Waals surface area (Å²) in [6.07, 6.45) is 1.14. The van der Waals surface area contributed by atoms with Gasteiger partial charge in [0.05, 0.1) is 0 Å². The van der Waals surface area contributed by atoms with Gasteiger partial charge in [-0.1, -0.05) is 25.1 Å². The lowest BCUT2D eigenvalue weighted by Crippen LogP contribution is -2.29. The van der Waals surface area contributed by atoms with Crippen molar-refractivity contribution in [2.75, 3.05) is 13.1 Å². The van der Waals surface area contributed by atoms with Crippen molar-refractivity contribution >= 4 is 0 Å². The van der Waals surface area contributed by atoms with Gasteiger partial charge in [0.2, 0.25) is 0 Å². The summed E-state index contributed by atoms with van der Waals surface area (Å²) in [6, 6.07) is 6.72. The van der Waals surface area contributed by atoms with Gasteiger partial charge in [-0.15, -0.1) is 0 Å². The second kappa shape index (κ2) is 5.89. The first kappa shape index (κ1) is 12.2. The van der Waals surface area contributed by atoms with Gasteiger partial charge >= 0.3 is 0 Å². The Labute approximate surface area is 92.9 Å². The minimum absolute atomic E-state index is 0.296. The molecule has 1 aromatic carbocycles. The SMILES string of the molecule is CCCNC(CN)c1cccc(C)c1C. The Kier molecular flexibility index (Phi) is 4.79. The van der Waals surface area contributed by atoms with E-state index in [2.05, 4.69) is 44.3 Å². The molecule has 0 aliphatic heterocycles. The van der Waals surface area contributed by atoms with E-state index in [0.29, 0.717) is 12.6 Å². The normalized spacial score (nSPS) is 12.8. The van der Waals surface area contributed by atoms with Crippen molar-refractivity contribution in [1.82, 2.24) is 5.32 Å². The topological polar surface area (TPSA) is 38.0 Å². The zero-order valence-electron chi connectivity index (χ0n) is 10.0. The number of aryl methyl sites for hydroxylation is 1. The Morgan fingerprint density at radius 3 is 2.67 bits per heavy atom. The van der Waals surface area contributed by atoms with Crippen LogP contribution in [0.25, 0.3) is 0 Å². The van der Waals surface area contributed by atoms with Crippen LogP contribution in [0, 0.1) is 13.8 Å². The maximum atomic E-state index is 5.80. The first-order valence-corrected chi connectivity index (χ1v) is 5.70. The van der Waals surface area contributed by atoms with Crippen molar-refractivity contribution in [3.05, 3.63) is 34.9 Å². The predicted octanol–water partition coefficient (Wildman–Crippen LogP) is 2.30. The smallest absolute Gasteiger partial charge is 0.0447 e. The Balaban J connectivity index is 2.86. The maximum Gasteiger partial charge on any atom is 0.0447 e. The van der Waals surface area contributed by atoms with E-state index in [1.807, 2.05) is 0 Å². The Hall–Kier alpha value is -0.860. The summed E-state index contributed by atoms with van der Waals surface area (Å²) in [4.78, 5) is 0. The van der Waals surface area contributed by atoms with Gasteiger partial charge < -0.3 is 11.1 Å². The van der Waals surface area contributed by atoms with Gasteiger partial charge in [0.15, 0.2) is 0 Å². The van der Waals surface area contributed by atoms with Crippen molar-refractivity contribution in [2.24, 2.45) is 5.73 Å². The second-order valence-electron chi connectivity index (χ2n) is 4.03. The van der Waals surface area contributed by atoms with Crippen molar-refractivity contribution in [3.8, 4) is 0 Å². The second-order valence-corrected chi connectivity index (χ2v) is 4.03. The van der Waals surface area contributed by atoms with Crippen molar-refractivity contribution in [1.29, 1.82) is 0 Å². The molecule has 1 atom stereocenters. The molecular weight excluding hydrogens is 184 g/mol. The van der Waals surface area contributed by atoms with E-state index in [1.165, 1.54) is 16.7 Å². The summed E-state index contributed by atoms with van der Waals surface area (Å²) in [7, 11) is 0. The van der Waals surface area contributed by atoms with E-state index in [0.717, 1.165) is 13.0 Å². The molecule has 0 saturated heterocycles. The number of nitrogens with one attached hydrogen (secondary N) is 1. The molecule has 0 saturated carbocycles. The van der Waals surface area contributed by atoms with E-state index in [1.54, 1.807) is 0 Å². The molecule has 0 aliphatic carbocycles. The molecular formula is C13H22N2. The van der Waals surface area contributed by atoms with Gasteiger partial charge in [0, 0.05) is 12.6 Å². The van der Waals surface area contributed by atoms with Crippen LogP contribution in [0.5, 0.6) is 0 Å². The van der Waals surface area contributed by atoms with Crippen LogP contribution in [-0.2, 0) is 0 Å². The zero-order chi connectivity index (χ0) is 11.3. The molecule has 0 amide bonds. The van der Waals surface area contributed by atoms with E-state index in [-0.39, 0.29) is 0 Å². The van der Waals surface area contributed by atoms with E-state index in [4.69, 9.17) is 5.73 Å². The third kappa shape index (κ3) is 3.05. The summed E-state index contributed by atoms with van der Waals surface area (Å²) in [6.45, 7) is 8.16. The number of hydrogen-bond acceptors (Lipinski definition) is 2. The molecule has 84 valence electrons. The first-order chi connectivity index (χ1) is 7.20. The monoisotopic (exact) mass is 206 g/mol. The fourth-order valence-electron chi connectivity index (χ4n) is 1.79. The number of nitrogens with two attached hydrogens (primary N) is 1. The van der Waals surface area contributed by atoms with E-state index in [9.17, 15) is 0 Å². The lowest BCUT2D eigenvalue weighted by atomic mass is 9.97. The summed E-state index contributed by atoms with van der Waals surface area (Å²) in [5.74, 6) is 0. The zero-order valence-corrected chi connectivity index (χ0v) is 10.0. The highest BCUT2D eigenvalue weighted by atomic mass is 14.9. The van der Waals surface area contributed by atoms with Gasteiger partial charge in [-0.05, 0) is 43.5 Å². The first-order valence-electron chi connectivity index (χ1n) is 5.70. The van der Waals surface area contributed by atoms with Crippen LogP contribution in [0.3, 0.4) is 0 Å². The van der Waals surface area contributed by atoms with Crippen LogP contribution >= 0.6 is 0 Å². The van der Waals surface area contributed by atoms with Crippen LogP contribution in [0.2, 0.25) is 0 Å². The minimum atomic E-state index is 0.296. The number of hydrogen-bond donors (Lipinski definition) is 2. The summed E-state index contributed by atoms with van der Waals surface area (Å²) < 4.78 is 0. The standard InChI is InChI=1S/C13H22N2/c1-4-8-15-13(9-14)12-7-5-6-10(2)11(12)3/h5-7,13,15H,4,8-9,14H2,1-3H3. The molecule has 1 aromatic rings. The molecule has 2 nitrogen and oxygen atoms in total. The fourth-order valence-corrected chi connectivity index (χ4v) is 1.79. The molecule has 0 heterocycles. The lowest BCUT2D eigenvalue weighted by molar-refractivity contribution is 0.537. The Morgan fingerprint density at radius 2 is 2.07 bits per heavy atom. The molecule has 3 N–H and O–H groups in total. The largest absolute Gasteiger partial charge is 0.329 e.